The van der Waals surface area contributed by atoms with Crippen LogP contribution in [0.2, 0.25) is 0 Å². The Morgan fingerprint density at radius 2 is 1.90 bits per heavy atom. The van der Waals surface area contributed by atoms with E-state index in [1.807, 2.05) is 0 Å². The number of ketones is 1. The molecule has 2 atom stereocenters. The quantitative estimate of drug-likeness (QED) is 0.457. The number of epoxide rings is 1. The third-order valence-electron chi connectivity index (χ3n) is 3.88. The Kier molecular flexibility index (Phi) is 6.39. The lowest BCUT2D eigenvalue weighted by molar-refractivity contribution is -0.119. The molecule has 0 radical (unpaired) electrons. The molecule has 6 heteroatoms. The minimum Gasteiger partial charge on any atom is -0.367 e. The van der Waals surface area contributed by atoms with Crippen molar-refractivity contribution in [1.29, 1.82) is 0 Å². The van der Waals surface area contributed by atoms with E-state index < -0.39 is 7.60 Å². The number of Topliss-reactive ketones (excluding diaryl/α,β-unsaturated/α-hetero) is 1. The molecule has 0 aromatic rings. The van der Waals surface area contributed by atoms with Crippen molar-refractivity contribution >= 4 is 13.4 Å². The van der Waals surface area contributed by atoms with Gasteiger partial charge in [-0.25, -0.2) is 0 Å². The van der Waals surface area contributed by atoms with Crippen LogP contribution in [0, 0.1) is 5.92 Å². The van der Waals surface area contributed by atoms with Crippen LogP contribution < -0.4 is 0 Å². The number of carbonyl (C=O) groups is 1. The predicted octanol–water partition coefficient (Wildman–Crippen LogP) is 3.42. The second-order valence-electron chi connectivity index (χ2n) is 6.08. The summed E-state index contributed by atoms with van der Waals surface area (Å²) in [5, 5.41) is 0. The van der Waals surface area contributed by atoms with Gasteiger partial charge in [-0.1, -0.05) is 6.92 Å². The summed E-state index contributed by atoms with van der Waals surface area (Å²) in [5.41, 5.74) is 0.0211. The summed E-state index contributed by atoms with van der Waals surface area (Å²) in [6.07, 6.45) is 3.23. The molecule has 0 spiro atoms. The first-order valence-corrected chi connectivity index (χ1v) is 8.85. The van der Waals surface area contributed by atoms with Crippen molar-refractivity contribution in [3.8, 4) is 0 Å². The van der Waals surface area contributed by atoms with Gasteiger partial charge in [0.15, 0.2) is 0 Å². The summed E-state index contributed by atoms with van der Waals surface area (Å²) in [4.78, 5) is 11.9. The molecular weight excluding hydrogens is 279 g/mol. The summed E-state index contributed by atoms with van der Waals surface area (Å²) in [6.45, 7) is 6.24. The Labute approximate surface area is 121 Å². The van der Waals surface area contributed by atoms with Crippen LogP contribution in [0.3, 0.4) is 0 Å². The number of carbonyl (C=O) groups excluding carboxylic acids is 1. The molecule has 0 N–H and O–H groups in total. The molecule has 0 amide bonds. The Morgan fingerprint density at radius 1 is 1.35 bits per heavy atom. The van der Waals surface area contributed by atoms with Crippen molar-refractivity contribution in [3.05, 3.63) is 0 Å². The minimum absolute atomic E-state index is 0.0211. The third kappa shape index (κ3) is 5.65. The fourth-order valence-electron chi connectivity index (χ4n) is 2.29. The highest BCUT2D eigenvalue weighted by molar-refractivity contribution is 7.53. The molecular formula is C14H27O5P. The van der Waals surface area contributed by atoms with Gasteiger partial charge in [-0.15, -0.1) is 0 Å². The minimum atomic E-state index is -3.06. The first kappa shape index (κ1) is 17.8. The standard InChI is InChI=1S/C14H27O5P/c1-11(6-7-13-14(2,3)19-13)10-12(15)8-9-20(16,17-4)18-5/h11,13H,6-10H2,1-5H3. The van der Waals surface area contributed by atoms with Gasteiger partial charge in [0.2, 0.25) is 0 Å². The highest BCUT2D eigenvalue weighted by atomic mass is 31.2. The summed E-state index contributed by atoms with van der Waals surface area (Å²) in [7, 11) is -0.374. The van der Waals surface area contributed by atoms with E-state index in [-0.39, 0.29) is 24.0 Å². The molecule has 1 saturated heterocycles. The van der Waals surface area contributed by atoms with Crippen LogP contribution in [-0.4, -0.2) is 37.9 Å². The van der Waals surface area contributed by atoms with Crippen molar-refractivity contribution in [1.82, 2.24) is 0 Å². The fraction of sp³-hybridized carbons (Fsp3) is 0.929. The zero-order valence-corrected chi connectivity index (χ0v) is 14.1. The molecule has 2 unspecified atom stereocenters. The normalized spacial score (nSPS) is 22.6. The van der Waals surface area contributed by atoms with Crippen molar-refractivity contribution in [2.24, 2.45) is 5.92 Å². The van der Waals surface area contributed by atoms with Crippen molar-refractivity contribution in [3.63, 3.8) is 0 Å². The average Bonchev–Trinajstić information content (AvgIpc) is 3.01. The maximum Gasteiger partial charge on any atom is 0.330 e. The highest BCUT2D eigenvalue weighted by Crippen LogP contribution is 2.46. The van der Waals surface area contributed by atoms with Gasteiger partial charge < -0.3 is 13.8 Å². The lowest BCUT2D eigenvalue weighted by atomic mass is 9.95. The average molecular weight is 306 g/mol. The van der Waals surface area contributed by atoms with E-state index in [0.717, 1.165) is 12.8 Å². The summed E-state index contributed by atoms with van der Waals surface area (Å²) in [6, 6.07) is 0. The van der Waals surface area contributed by atoms with Crippen LogP contribution in [0.15, 0.2) is 0 Å². The van der Waals surface area contributed by atoms with Crippen LogP contribution in [-0.2, 0) is 23.1 Å². The summed E-state index contributed by atoms with van der Waals surface area (Å²) < 4.78 is 27.0. The lowest BCUT2D eigenvalue weighted by Gasteiger charge is -2.14. The Balaban J connectivity index is 2.20. The van der Waals surface area contributed by atoms with Crippen molar-refractivity contribution in [2.75, 3.05) is 20.4 Å². The number of ether oxygens (including phenoxy) is 1. The van der Waals surface area contributed by atoms with Gasteiger partial charge in [0, 0.05) is 27.1 Å². The number of hydrogen-bond acceptors (Lipinski definition) is 5. The summed E-state index contributed by atoms with van der Waals surface area (Å²) >= 11 is 0. The SMILES string of the molecule is COP(=O)(CCC(=O)CC(C)CCC1OC1(C)C)OC. The van der Waals surface area contributed by atoms with Gasteiger partial charge in [0.25, 0.3) is 0 Å². The monoisotopic (exact) mass is 306 g/mol. The lowest BCUT2D eigenvalue weighted by Crippen LogP contribution is -2.10. The van der Waals surface area contributed by atoms with Crippen LogP contribution in [0.25, 0.3) is 0 Å². The molecule has 1 heterocycles. The van der Waals surface area contributed by atoms with E-state index in [1.165, 1.54) is 14.2 Å². The third-order valence-corrected chi connectivity index (χ3v) is 5.77. The number of hydrogen-bond donors (Lipinski definition) is 0. The Hall–Kier alpha value is -0.220. The summed E-state index contributed by atoms with van der Waals surface area (Å²) in [5.74, 6) is 0.440. The highest BCUT2D eigenvalue weighted by Gasteiger charge is 2.46. The molecule has 0 aromatic heterocycles. The molecule has 5 nitrogen and oxygen atoms in total. The van der Waals surface area contributed by atoms with E-state index in [4.69, 9.17) is 13.8 Å². The first-order chi connectivity index (χ1) is 9.22. The first-order valence-electron chi connectivity index (χ1n) is 7.12. The molecule has 20 heavy (non-hydrogen) atoms. The molecule has 1 fully saturated rings. The van der Waals surface area contributed by atoms with Crippen LogP contribution in [0.5, 0.6) is 0 Å². The zero-order chi connectivity index (χ0) is 15.4. The fourth-order valence-corrected chi connectivity index (χ4v) is 3.32. The van der Waals surface area contributed by atoms with Gasteiger partial charge in [0.05, 0.1) is 17.9 Å². The van der Waals surface area contributed by atoms with E-state index in [1.54, 1.807) is 0 Å². The van der Waals surface area contributed by atoms with Gasteiger partial charge >= 0.3 is 7.60 Å². The predicted molar refractivity (Wildman–Crippen MR) is 78.1 cm³/mol. The maximum absolute atomic E-state index is 11.9. The van der Waals surface area contributed by atoms with Crippen LogP contribution in [0.4, 0.5) is 0 Å². The van der Waals surface area contributed by atoms with Crippen LogP contribution in [0.1, 0.15) is 46.5 Å². The zero-order valence-electron chi connectivity index (χ0n) is 13.2. The second-order valence-corrected chi connectivity index (χ2v) is 8.48. The maximum atomic E-state index is 11.9. The topological polar surface area (TPSA) is 65.1 Å². The van der Waals surface area contributed by atoms with Gasteiger partial charge in [-0.3, -0.25) is 9.36 Å². The van der Waals surface area contributed by atoms with E-state index in [9.17, 15) is 9.36 Å². The van der Waals surface area contributed by atoms with Crippen molar-refractivity contribution in [2.45, 2.75) is 58.2 Å². The molecule has 0 aliphatic carbocycles. The molecule has 1 aliphatic heterocycles. The molecule has 118 valence electrons. The molecule has 1 aliphatic rings. The second kappa shape index (κ2) is 7.17. The molecule has 0 saturated carbocycles. The van der Waals surface area contributed by atoms with Gasteiger partial charge in [-0.2, -0.15) is 0 Å². The largest absolute Gasteiger partial charge is 0.367 e. The van der Waals surface area contributed by atoms with E-state index >= 15 is 0 Å². The molecule has 0 aromatic carbocycles. The van der Waals surface area contributed by atoms with Gasteiger partial charge in [0.1, 0.15) is 5.78 Å². The number of rotatable bonds is 10. The van der Waals surface area contributed by atoms with E-state index in [0.29, 0.717) is 18.4 Å². The Morgan fingerprint density at radius 3 is 2.35 bits per heavy atom. The Bertz CT molecular complexity index is 372. The van der Waals surface area contributed by atoms with E-state index in [2.05, 4.69) is 20.8 Å². The van der Waals surface area contributed by atoms with Crippen molar-refractivity contribution < 1.29 is 23.1 Å². The molecule has 0 bridgehead atoms. The smallest absolute Gasteiger partial charge is 0.330 e. The van der Waals surface area contributed by atoms with Crippen LogP contribution >= 0.6 is 7.60 Å². The molecule has 1 rings (SSSR count). The van der Waals surface area contributed by atoms with Gasteiger partial charge in [-0.05, 0) is 32.6 Å².